The molecule has 1 aliphatic rings. The van der Waals surface area contributed by atoms with E-state index in [0.29, 0.717) is 24.8 Å². The summed E-state index contributed by atoms with van der Waals surface area (Å²) in [7, 11) is 0. The standard InChI is InChI=1S/C13H25NO2/c1-13(2,3)16-12(15)8-11(9-14)10-6-4-5-7-10/h10-11H,4-9,14H2,1-3H3. The molecule has 94 valence electrons. The molecule has 0 saturated heterocycles. The third-order valence-electron chi connectivity index (χ3n) is 3.22. The van der Waals surface area contributed by atoms with Gasteiger partial charge in [-0.1, -0.05) is 25.7 Å². The maximum atomic E-state index is 11.7. The van der Waals surface area contributed by atoms with E-state index in [4.69, 9.17) is 10.5 Å². The largest absolute Gasteiger partial charge is 0.460 e. The van der Waals surface area contributed by atoms with Crippen molar-refractivity contribution in [3.05, 3.63) is 0 Å². The lowest BCUT2D eigenvalue weighted by Gasteiger charge is -2.24. The predicted octanol–water partition coefficient (Wildman–Crippen LogP) is 2.48. The Hall–Kier alpha value is -0.570. The third-order valence-corrected chi connectivity index (χ3v) is 3.22. The van der Waals surface area contributed by atoms with Crippen molar-refractivity contribution in [2.45, 2.75) is 58.5 Å². The topological polar surface area (TPSA) is 52.3 Å². The van der Waals surface area contributed by atoms with Crippen LogP contribution in [0, 0.1) is 11.8 Å². The SMILES string of the molecule is CC(C)(C)OC(=O)CC(CN)C1CCCC1. The summed E-state index contributed by atoms with van der Waals surface area (Å²) >= 11 is 0. The number of carbonyl (C=O) groups excluding carboxylic acids is 1. The van der Waals surface area contributed by atoms with Crippen LogP contribution >= 0.6 is 0 Å². The summed E-state index contributed by atoms with van der Waals surface area (Å²) in [6.07, 6.45) is 5.51. The van der Waals surface area contributed by atoms with Crippen LogP contribution in [-0.2, 0) is 9.53 Å². The predicted molar refractivity (Wildman–Crippen MR) is 65.0 cm³/mol. The molecule has 2 N–H and O–H groups in total. The minimum Gasteiger partial charge on any atom is -0.460 e. The highest BCUT2D eigenvalue weighted by Gasteiger charge is 2.27. The third kappa shape index (κ3) is 4.52. The summed E-state index contributed by atoms with van der Waals surface area (Å²) in [5, 5.41) is 0. The van der Waals surface area contributed by atoms with Gasteiger partial charge >= 0.3 is 5.97 Å². The number of hydrogen-bond donors (Lipinski definition) is 1. The van der Waals surface area contributed by atoms with Gasteiger partial charge in [0.05, 0.1) is 0 Å². The van der Waals surface area contributed by atoms with Gasteiger partial charge in [0.15, 0.2) is 0 Å². The van der Waals surface area contributed by atoms with Gasteiger partial charge in [0, 0.05) is 6.42 Å². The Labute approximate surface area is 98.7 Å². The second-order valence-corrected chi connectivity index (χ2v) is 5.83. The van der Waals surface area contributed by atoms with E-state index in [2.05, 4.69) is 0 Å². The fraction of sp³-hybridized carbons (Fsp3) is 0.923. The summed E-state index contributed by atoms with van der Waals surface area (Å²) in [6, 6.07) is 0. The minimum atomic E-state index is -0.383. The zero-order chi connectivity index (χ0) is 12.2. The first kappa shape index (κ1) is 13.5. The molecule has 0 bridgehead atoms. The van der Waals surface area contributed by atoms with Gasteiger partial charge in [-0.25, -0.2) is 0 Å². The van der Waals surface area contributed by atoms with E-state index < -0.39 is 0 Å². The van der Waals surface area contributed by atoms with Crippen molar-refractivity contribution in [1.29, 1.82) is 0 Å². The van der Waals surface area contributed by atoms with Crippen molar-refractivity contribution in [1.82, 2.24) is 0 Å². The van der Waals surface area contributed by atoms with Crippen LogP contribution in [-0.4, -0.2) is 18.1 Å². The van der Waals surface area contributed by atoms with Gasteiger partial charge in [-0.2, -0.15) is 0 Å². The summed E-state index contributed by atoms with van der Waals surface area (Å²) in [5.41, 5.74) is 5.37. The molecule has 1 fully saturated rings. The average Bonchev–Trinajstić information content (AvgIpc) is 2.63. The Morgan fingerprint density at radius 2 is 1.94 bits per heavy atom. The summed E-state index contributed by atoms with van der Waals surface area (Å²) in [5.74, 6) is 0.852. The lowest BCUT2D eigenvalue weighted by molar-refractivity contribution is -0.156. The molecule has 1 atom stereocenters. The fourth-order valence-corrected chi connectivity index (χ4v) is 2.47. The van der Waals surface area contributed by atoms with Gasteiger partial charge in [-0.3, -0.25) is 4.79 Å². The quantitative estimate of drug-likeness (QED) is 0.751. The maximum Gasteiger partial charge on any atom is 0.306 e. The molecule has 0 aliphatic heterocycles. The molecule has 3 nitrogen and oxygen atoms in total. The molecule has 0 radical (unpaired) electrons. The van der Waals surface area contributed by atoms with Gasteiger partial charge in [0.25, 0.3) is 0 Å². The summed E-state index contributed by atoms with van der Waals surface area (Å²) in [4.78, 5) is 11.7. The van der Waals surface area contributed by atoms with Crippen LogP contribution in [0.15, 0.2) is 0 Å². The fourth-order valence-electron chi connectivity index (χ4n) is 2.47. The molecule has 0 spiro atoms. The van der Waals surface area contributed by atoms with Gasteiger partial charge in [-0.15, -0.1) is 0 Å². The smallest absolute Gasteiger partial charge is 0.306 e. The van der Waals surface area contributed by atoms with Gasteiger partial charge in [0.2, 0.25) is 0 Å². The molecular formula is C13H25NO2. The second-order valence-electron chi connectivity index (χ2n) is 5.83. The van der Waals surface area contributed by atoms with Crippen LogP contribution in [0.3, 0.4) is 0 Å². The van der Waals surface area contributed by atoms with E-state index in [1.807, 2.05) is 20.8 Å². The van der Waals surface area contributed by atoms with E-state index in [1.54, 1.807) is 0 Å². The number of ether oxygens (including phenoxy) is 1. The number of hydrogen-bond acceptors (Lipinski definition) is 3. The van der Waals surface area contributed by atoms with Gasteiger partial charge in [0.1, 0.15) is 5.60 Å². The number of esters is 1. The first-order valence-electron chi connectivity index (χ1n) is 6.34. The van der Waals surface area contributed by atoms with Crippen molar-refractivity contribution in [2.24, 2.45) is 17.6 Å². The Morgan fingerprint density at radius 1 is 1.38 bits per heavy atom. The molecule has 0 aromatic rings. The lowest BCUT2D eigenvalue weighted by atomic mass is 9.88. The molecule has 3 heteroatoms. The van der Waals surface area contributed by atoms with Crippen molar-refractivity contribution < 1.29 is 9.53 Å². The van der Waals surface area contributed by atoms with Crippen LogP contribution in [0.4, 0.5) is 0 Å². The van der Waals surface area contributed by atoms with Crippen molar-refractivity contribution in [3.63, 3.8) is 0 Å². The van der Waals surface area contributed by atoms with Gasteiger partial charge < -0.3 is 10.5 Å². The normalized spacial score (nSPS) is 19.8. The monoisotopic (exact) mass is 227 g/mol. The molecular weight excluding hydrogens is 202 g/mol. The Bertz CT molecular complexity index is 227. The van der Waals surface area contributed by atoms with Crippen LogP contribution < -0.4 is 5.73 Å². The molecule has 1 aliphatic carbocycles. The second kappa shape index (κ2) is 5.67. The van der Waals surface area contributed by atoms with Crippen LogP contribution in [0.2, 0.25) is 0 Å². The van der Waals surface area contributed by atoms with Crippen LogP contribution in [0.5, 0.6) is 0 Å². The lowest BCUT2D eigenvalue weighted by Crippen LogP contribution is -2.29. The highest BCUT2D eigenvalue weighted by Crippen LogP contribution is 2.33. The molecule has 0 heterocycles. The van der Waals surface area contributed by atoms with Crippen molar-refractivity contribution in [3.8, 4) is 0 Å². The number of rotatable bonds is 4. The Morgan fingerprint density at radius 3 is 2.38 bits per heavy atom. The van der Waals surface area contributed by atoms with Crippen molar-refractivity contribution in [2.75, 3.05) is 6.54 Å². The number of carbonyl (C=O) groups is 1. The van der Waals surface area contributed by atoms with E-state index in [1.165, 1.54) is 25.7 Å². The number of nitrogens with two attached hydrogens (primary N) is 1. The van der Waals surface area contributed by atoms with E-state index in [-0.39, 0.29) is 11.6 Å². The highest BCUT2D eigenvalue weighted by molar-refractivity contribution is 5.70. The Kier molecular flexibility index (Phi) is 4.78. The zero-order valence-corrected chi connectivity index (χ0v) is 10.8. The van der Waals surface area contributed by atoms with Gasteiger partial charge in [-0.05, 0) is 39.2 Å². The van der Waals surface area contributed by atoms with Crippen LogP contribution in [0.25, 0.3) is 0 Å². The molecule has 1 unspecified atom stereocenters. The van der Waals surface area contributed by atoms with Crippen LogP contribution in [0.1, 0.15) is 52.9 Å². The van der Waals surface area contributed by atoms with E-state index >= 15 is 0 Å². The minimum absolute atomic E-state index is 0.102. The highest BCUT2D eigenvalue weighted by atomic mass is 16.6. The van der Waals surface area contributed by atoms with E-state index in [0.717, 1.165) is 0 Å². The molecule has 0 aromatic carbocycles. The molecule has 16 heavy (non-hydrogen) atoms. The van der Waals surface area contributed by atoms with E-state index in [9.17, 15) is 4.79 Å². The summed E-state index contributed by atoms with van der Waals surface area (Å²) in [6.45, 7) is 6.30. The zero-order valence-electron chi connectivity index (χ0n) is 10.8. The average molecular weight is 227 g/mol. The summed E-state index contributed by atoms with van der Waals surface area (Å²) < 4.78 is 5.34. The molecule has 0 aromatic heterocycles. The van der Waals surface area contributed by atoms with Crippen molar-refractivity contribution >= 4 is 5.97 Å². The molecule has 1 saturated carbocycles. The Balaban J connectivity index is 2.40. The molecule has 1 rings (SSSR count). The first-order valence-corrected chi connectivity index (χ1v) is 6.34. The molecule has 0 amide bonds. The maximum absolute atomic E-state index is 11.7. The first-order chi connectivity index (χ1) is 7.42.